The number of benzene rings is 1. The number of nitrogens with one attached hydrogen (secondary N) is 1. The molecule has 1 aromatic rings. The van der Waals surface area contributed by atoms with Gasteiger partial charge in [-0.15, -0.1) is 0 Å². The second-order valence-electron chi connectivity index (χ2n) is 7.14. The molecule has 1 N–H and O–H groups in total. The quantitative estimate of drug-likeness (QED) is 0.895. The third kappa shape index (κ3) is 4.12. The van der Waals surface area contributed by atoms with Crippen LogP contribution in [0.15, 0.2) is 24.3 Å². The van der Waals surface area contributed by atoms with Crippen molar-refractivity contribution in [2.24, 2.45) is 5.92 Å². The summed E-state index contributed by atoms with van der Waals surface area (Å²) < 4.78 is 0. The van der Waals surface area contributed by atoms with E-state index >= 15 is 0 Å². The lowest BCUT2D eigenvalue weighted by Gasteiger charge is -2.36. The average Bonchev–Trinajstić information content (AvgIpc) is 2.99. The van der Waals surface area contributed by atoms with Crippen LogP contribution in [0.4, 0.5) is 0 Å². The molecular formula is C19H29N3O. The zero-order valence-electron chi connectivity index (χ0n) is 14.4. The number of nitrogens with zero attached hydrogens (tertiary/aromatic N) is 2. The van der Waals surface area contributed by atoms with Crippen LogP contribution in [0.1, 0.15) is 24.5 Å². The van der Waals surface area contributed by atoms with Gasteiger partial charge in [-0.1, -0.05) is 24.3 Å². The highest BCUT2D eigenvalue weighted by Crippen LogP contribution is 2.26. The number of hydrogen-bond donors (Lipinski definition) is 1. The van der Waals surface area contributed by atoms with E-state index in [2.05, 4.69) is 53.4 Å². The smallest absolute Gasteiger partial charge is 0.223 e. The molecule has 0 aromatic heterocycles. The second kappa shape index (κ2) is 7.45. The highest BCUT2D eigenvalue weighted by atomic mass is 16.1. The summed E-state index contributed by atoms with van der Waals surface area (Å²) in [6, 6.07) is 8.98. The lowest BCUT2D eigenvalue weighted by molar-refractivity contribution is -0.124. The topological polar surface area (TPSA) is 35.6 Å². The Bertz CT molecular complexity index is 512. The van der Waals surface area contributed by atoms with Crippen LogP contribution in [-0.4, -0.2) is 61.5 Å². The van der Waals surface area contributed by atoms with E-state index in [1.165, 1.54) is 11.1 Å². The van der Waals surface area contributed by atoms with Gasteiger partial charge >= 0.3 is 0 Å². The van der Waals surface area contributed by atoms with Crippen molar-refractivity contribution in [3.05, 3.63) is 35.4 Å². The largest absolute Gasteiger partial charge is 0.356 e. The van der Waals surface area contributed by atoms with Gasteiger partial charge in [-0.2, -0.15) is 0 Å². The highest BCUT2D eigenvalue weighted by Gasteiger charge is 2.27. The number of piperazine rings is 1. The molecular weight excluding hydrogens is 286 g/mol. The van der Waals surface area contributed by atoms with Crippen LogP contribution < -0.4 is 5.32 Å². The summed E-state index contributed by atoms with van der Waals surface area (Å²) >= 11 is 0. The summed E-state index contributed by atoms with van der Waals surface area (Å²) in [5, 5.41) is 3.16. The Morgan fingerprint density at radius 3 is 2.39 bits per heavy atom. The minimum absolute atomic E-state index is 0.131. The molecule has 1 amide bonds. The fraction of sp³-hybridized carbons (Fsp3) is 0.632. The molecule has 1 heterocycles. The maximum atomic E-state index is 12.4. The number of rotatable bonds is 5. The predicted octanol–water partition coefficient (Wildman–Crippen LogP) is 1.54. The number of hydrogen-bond acceptors (Lipinski definition) is 3. The van der Waals surface area contributed by atoms with Crippen molar-refractivity contribution >= 4 is 5.91 Å². The first kappa shape index (κ1) is 16.5. The maximum absolute atomic E-state index is 12.4. The SMILES string of the molecule is C[C@@H](CCNC(=O)C1Cc2ccccc2C1)N1CCN(C)CC1. The third-order valence-electron chi connectivity index (χ3n) is 5.44. The van der Waals surface area contributed by atoms with E-state index in [0.29, 0.717) is 6.04 Å². The van der Waals surface area contributed by atoms with Gasteiger partial charge in [0, 0.05) is 44.7 Å². The Hall–Kier alpha value is -1.39. The minimum atomic E-state index is 0.131. The van der Waals surface area contributed by atoms with Gasteiger partial charge in [-0.25, -0.2) is 0 Å². The van der Waals surface area contributed by atoms with Gasteiger partial charge in [0.25, 0.3) is 0 Å². The molecule has 0 unspecified atom stereocenters. The number of fused-ring (bicyclic) bond motifs is 1. The van der Waals surface area contributed by atoms with Crippen LogP contribution >= 0.6 is 0 Å². The summed E-state index contributed by atoms with van der Waals surface area (Å²) in [6.45, 7) is 7.66. The normalized spacial score (nSPS) is 21.1. The first-order valence-corrected chi connectivity index (χ1v) is 8.90. The molecule has 0 bridgehead atoms. The molecule has 0 saturated carbocycles. The van der Waals surface area contributed by atoms with E-state index in [0.717, 1.165) is 52.0 Å². The van der Waals surface area contributed by atoms with Crippen LogP contribution in [-0.2, 0) is 17.6 Å². The molecule has 1 aliphatic heterocycles. The lowest BCUT2D eigenvalue weighted by atomic mass is 10.1. The lowest BCUT2D eigenvalue weighted by Crippen LogP contribution is -2.48. The summed E-state index contributed by atoms with van der Waals surface area (Å²) in [7, 11) is 2.18. The van der Waals surface area contributed by atoms with Gasteiger partial charge in [-0.05, 0) is 44.4 Å². The fourth-order valence-corrected chi connectivity index (χ4v) is 3.74. The van der Waals surface area contributed by atoms with Crippen LogP contribution in [0.2, 0.25) is 0 Å². The Labute approximate surface area is 139 Å². The number of carbonyl (C=O) groups excluding carboxylic acids is 1. The minimum Gasteiger partial charge on any atom is -0.356 e. The zero-order valence-corrected chi connectivity index (χ0v) is 14.4. The molecule has 1 aliphatic carbocycles. The van der Waals surface area contributed by atoms with Gasteiger partial charge in [0.05, 0.1) is 0 Å². The molecule has 1 fully saturated rings. The third-order valence-corrected chi connectivity index (χ3v) is 5.44. The predicted molar refractivity (Wildman–Crippen MR) is 93.5 cm³/mol. The number of amides is 1. The van der Waals surface area contributed by atoms with E-state index in [1.54, 1.807) is 0 Å². The Morgan fingerprint density at radius 1 is 1.17 bits per heavy atom. The molecule has 0 radical (unpaired) electrons. The number of carbonyl (C=O) groups is 1. The van der Waals surface area contributed by atoms with Crippen molar-refractivity contribution in [1.82, 2.24) is 15.1 Å². The van der Waals surface area contributed by atoms with Crippen molar-refractivity contribution < 1.29 is 4.79 Å². The van der Waals surface area contributed by atoms with Crippen LogP contribution in [0, 0.1) is 5.92 Å². The van der Waals surface area contributed by atoms with Gasteiger partial charge in [-0.3, -0.25) is 9.69 Å². The van der Waals surface area contributed by atoms with Crippen LogP contribution in [0.5, 0.6) is 0 Å². The van der Waals surface area contributed by atoms with Crippen LogP contribution in [0.3, 0.4) is 0 Å². The Balaban J connectivity index is 1.38. The maximum Gasteiger partial charge on any atom is 0.223 e. The zero-order chi connectivity index (χ0) is 16.2. The van der Waals surface area contributed by atoms with Gasteiger partial charge < -0.3 is 10.2 Å². The average molecular weight is 315 g/mol. The van der Waals surface area contributed by atoms with Gasteiger partial charge in [0.15, 0.2) is 0 Å². The Morgan fingerprint density at radius 2 is 1.78 bits per heavy atom. The first-order valence-electron chi connectivity index (χ1n) is 8.90. The van der Waals surface area contributed by atoms with Crippen molar-refractivity contribution in [3.8, 4) is 0 Å². The molecule has 4 nitrogen and oxygen atoms in total. The van der Waals surface area contributed by atoms with E-state index < -0.39 is 0 Å². The molecule has 23 heavy (non-hydrogen) atoms. The molecule has 1 atom stereocenters. The summed E-state index contributed by atoms with van der Waals surface area (Å²) in [5.74, 6) is 0.359. The molecule has 1 saturated heterocycles. The van der Waals surface area contributed by atoms with E-state index in [1.807, 2.05) is 0 Å². The molecule has 0 spiro atoms. The second-order valence-corrected chi connectivity index (χ2v) is 7.14. The van der Waals surface area contributed by atoms with Crippen LogP contribution in [0.25, 0.3) is 0 Å². The van der Waals surface area contributed by atoms with E-state index in [9.17, 15) is 4.79 Å². The van der Waals surface area contributed by atoms with Crippen molar-refractivity contribution in [2.45, 2.75) is 32.2 Å². The fourth-order valence-electron chi connectivity index (χ4n) is 3.74. The summed E-state index contributed by atoms with van der Waals surface area (Å²) in [6.07, 6.45) is 2.83. The molecule has 126 valence electrons. The molecule has 4 heteroatoms. The van der Waals surface area contributed by atoms with Gasteiger partial charge in [0.1, 0.15) is 0 Å². The van der Waals surface area contributed by atoms with Gasteiger partial charge in [0.2, 0.25) is 5.91 Å². The molecule has 3 rings (SSSR count). The number of likely N-dealkylation sites (N-methyl/N-ethyl adjacent to an activating group) is 1. The van der Waals surface area contributed by atoms with Crippen molar-refractivity contribution in [2.75, 3.05) is 39.8 Å². The Kier molecular flexibility index (Phi) is 5.34. The monoisotopic (exact) mass is 315 g/mol. The van der Waals surface area contributed by atoms with Crippen molar-refractivity contribution in [1.29, 1.82) is 0 Å². The van der Waals surface area contributed by atoms with E-state index in [4.69, 9.17) is 0 Å². The standard InChI is InChI=1S/C19H29N3O/c1-15(22-11-9-21(2)10-12-22)7-8-20-19(23)18-13-16-5-3-4-6-17(16)14-18/h3-6,15,18H,7-14H2,1-2H3,(H,20,23)/t15-/m0/s1. The molecule has 1 aromatic carbocycles. The molecule has 2 aliphatic rings. The first-order chi connectivity index (χ1) is 11.1. The highest BCUT2D eigenvalue weighted by molar-refractivity contribution is 5.80. The van der Waals surface area contributed by atoms with Crippen molar-refractivity contribution in [3.63, 3.8) is 0 Å². The summed E-state index contributed by atoms with van der Waals surface area (Å²) in [5.41, 5.74) is 2.69. The van der Waals surface area contributed by atoms with E-state index in [-0.39, 0.29) is 11.8 Å². The summed E-state index contributed by atoms with van der Waals surface area (Å²) in [4.78, 5) is 17.3.